The van der Waals surface area contributed by atoms with E-state index in [0.717, 1.165) is 56.4 Å². The molecule has 0 atom stereocenters. The number of carbonyl (C=O) groups is 1. The first kappa shape index (κ1) is 23.6. The van der Waals surface area contributed by atoms with E-state index in [2.05, 4.69) is 15.4 Å². The average Bonchev–Trinajstić information content (AvgIpc) is 3.41. The van der Waals surface area contributed by atoms with Gasteiger partial charge in [-0.2, -0.15) is 4.31 Å². The molecule has 0 unspecified atom stereocenters. The molecule has 2 aromatic carbocycles. The number of hydrogen-bond acceptors (Lipinski definition) is 6. The summed E-state index contributed by atoms with van der Waals surface area (Å²) in [5.41, 5.74) is 2.25. The number of sulfonamides is 1. The van der Waals surface area contributed by atoms with E-state index in [1.807, 2.05) is 36.4 Å². The zero-order valence-corrected chi connectivity index (χ0v) is 20.5. The van der Waals surface area contributed by atoms with E-state index in [1.165, 1.54) is 6.42 Å². The fourth-order valence-electron chi connectivity index (χ4n) is 4.75. The van der Waals surface area contributed by atoms with Crippen LogP contribution >= 0.6 is 0 Å². The van der Waals surface area contributed by atoms with Gasteiger partial charge >= 0.3 is 0 Å². The minimum absolute atomic E-state index is 0.137. The van der Waals surface area contributed by atoms with E-state index in [0.29, 0.717) is 24.5 Å². The molecule has 1 aromatic heterocycles. The molecule has 3 aromatic rings. The van der Waals surface area contributed by atoms with Gasteiger partial charge in [0.15, 0.2) is 11.5 Å². The second-order valence-electron chi connectivity index (χ2n) is 9.09. The maximum absolute atomic E-state index is 13.3. The van der Waals surface area contributed by atoms with Crippen molar-refractivity contribution in [3.8, 4) is 11.3 Å². The Morgan fingerprint density at radius 2 is 1.54 bits per heavy atom. The van der Waals surface area contributed by atoms with Crippen LogP contribution in [0.25, 0.3) is 11.3 Å². The van der Waals surface area contributed by atoms with E-state index in [1.54, 1.807) is 22.5 Å². The number of nitrogens with zero attached hydrogens (tertiary/aromatic N) is 3. The lowest BCUT2D eigenvalue weighted by molar-refractivity contribution is 0.101. The normalized spacial score (nSPS) is 17.3. The molecule has 2 fully saturated rings. The number of rotatable bonds is 6. The van der Waals surface area contributed by atoms with Crippen molar-refractivity contribution in [2.24, 2.45) is 0 Å². The Morgan fingerprint density at radius 3 is 2.26 bits per heavy atom. The van der Waals surface area contributed by atoms with Crippen LogP contribution in [0.3, 0.4) is 0 Å². The smallest absolute Gasteiger partial charge is 0.277 e. The summed E-state index contributed by atoms with van der Waals surface area (Å²) in [7, 11) is -3.63. The molecule has 0 bridgehead atoms. The average molecular weight is 495 g/mol. The Kier molecular flexibility index (Phi) is 6.88. The van der Waals surface area contributed by atoms with Crippen LogP contribution in [-0.2, 0) is 10.0 Å². The number of piperidine rings is 2. The van der Waals surface area contributed by atoms with Gasteiger partial charge in [0.1, 0.15) is 0 Å². The minimum Gasteiger partial charge on any atom is -0.370 e. The van der Waals surface area contributed by atoms with Gasteiger partial charge in [0.25, 0.3) is 5.91 Å². The highest BCUT2D eigenvalue weighted by atomic mass is 32.2. The Morgan fingerprint density at radius 1 is 0.857 bits per heavy atom. The number of hydrogen-bond donors (Lipinski definition) is 1. The molecule has 184 valence electrons. The van der Waals surface area contributed by atoms with Gasteiger partial charge in [-0.15, -0.1) is 0 Å². The van der Waals surface area contributed by atoms with Crippen LogP contribution in [0.4, 0.5) is 11.4 Å². The Labute approximate surface area is 206 Å². The first-order chi connectivity index (χ1) is 17.0. The van der Waals surface area contributed by atoms with Crippen LogP contribution in [0, 0.1) is 0 Å². The predicted octanol–water partition coefficient (Wildman–Crippen LogP) is 4.76. The third-order valence-electron chi connectivity index (χ3n) is 6.67. The summed E-state index contributed by atoms with van der Waals surface area (Å²) in [5.74, 6) is 0.0511. The second kappa shape index (κ2) is 10.2. The molecule has 2 aliphatic heterocycles. The summed E-state index contributed by atoms with van der Waals surface area (Å²) in [6.45, 7) is 2.78. The van der Waals surface area contributed by atoms with Crippen LogP contribution < -0.4 is 10.2 Å². The van der Waals surface area contributed by atoms with Gasteiger partial charge in [-0.3, -0.25) is 4.79 Å². The molecule has 8 nitrogen and oxygen atoms in total. The Bertz CT molecular complexity index is 1280. The number of aromatic nitrogens is 1. The topological polar surface area (TPSA) is 95.8 Å². The van der Waals surface area contributed by atoms with Gasteiger partial charge < -0.3 is 14.7 Å². The number of nitrogens with one attached hydrogen (secondary N) is 1. The van der Waals surface area contributed by atoms with Crippen molar-refractivity contribution < 1.29 is 17.7 Å². The number of amides is 1. The third-order valence-corrected chi connectivity index (χ3v) is 8.56. The van der Waals surface area contributed by atoms with Crippen molar-refractivity contribution in [2.75, 3.05) is 36.4 Å². The summed E-state index contributed by atoms with van der Waals surface area (Å²) in [6.07, 6.45) is 6.07. The summed E-state index contributed by atoms with van der Waals surface area (Å²) in [4.78, 5) is 15.5. The fourth-order valence-corrected chi connectivity index (χ4v) is 6.29. The minimum atomic E-state index is -3.63. The summed E-state index contributed by atoms with van der Waals surface area (Å²) in [5, 5.41) is 6.87. The maximum atomic E-state index is 13.3. The standard InChI is InChI=1S/C26H30N4O4S/c31-26(23-19-25(34-28-23)20-10-4-1-5-11-20)27-22-18-21(35(32,33)30-16-8-3-9-17-30)12-13-24(22)29-14-6-2-7-15-29/h1,4-5,10-13,18-19H,2-3,6-9,14-17H2,(H,27,31). The van der Waals surface area contributed by atoms with Crippen LogP contribution in [0.1, 0.15) is 49.0 Å². The van der Waals surface area contributed by atoms with Crippen molar-refractivity contribution in [2.45, 2.75) is 43.4 Å². The van der Waals surface area contributed by atoms with E-state index < -0.39 is 15.9 Å². The van der Waals surface area contributed by atoms with Crippen molar-refractivity contribution >= 4 is 27.3 Å². The van der Waals surface area contributed by atoms with E-state index in [4.69, 9.17) is 4.52 Å². The van der Waals surface area contributed by atoms with Gasteiger partial charge in [-0.05, 0) is 50.3 Å². The molecule has 3 heterocycles. The van der Waals surface area contributed by atoms with Crippen molar-refractivity contribution in [3.05, 3.63) is 60.3 Å². The van der Waals surface area contributed by atoms with E-state index in [9.17, 15) is 13.2 Å². The fraction of sp³-hybridized carbons (Fsp3) is 0.385. The lowest BCUT2D eigenvalue weighted by Crippen LogP contribution is -2.35. The van der Waals surface area contributed by atoms with Crippen LogP contribution in [0.2, 0.25) is 0 Å². The first-order valence-corrected chi connectivity index (χ1v) is 13.7. The highest BCUT2D eigenvalue weighted by Gasteiger charge is 2.28. The molecule has 1 N–H and O–H groups in total. The van der Waals surface area contributed by atoms with E-state index >= 15 is 0 Å². The second-order valence-corrected chi connectivity index (χ2v) is 11.0. The summed E-state index contributed by atoms with van der Waals surface area (Å²) >= 11 is 0. The molecule has 1 amide bonds. The molecule has 5 rings (SSSR count). The lowest BCUT2D eigenvalue weighted by Gasteiger charge is -2.31. The first-order valence-electron chi connectivity index (χ1n) is 12.2. The molecule has 0 saturated carbocycles. The van der Waals surface area contributed by atoms with Gasteiger partial charge in [0.2, 0.25) is 10.0 Å². The number of carbonyl (C=O) groups excluding carboxylic acids is 1. The van der Waals surface area contributed by atoms with E-state index in [-0.39, 0.29) is 10.6 Å². The molecule has 2 saturated heterocycles. The molecule has 0 spiro atoms. The highest BCUT2D eigenvalue weighted by molar-refractivity contribution is 7.89. The van der Waals surface area contributed by atoms with Crippen LogP contribution in [-0.4, -0.2) is 50.0 Å². The van der Waals surface area contributed by atoms with Gasteiger partial charge in [0.05, 0.1) is 16.3 Å². The van der Waals surface area contributed by atoms with Gasteiger partial charge in [-0.25, -0.2) is 8.42 Å². The third kappa shape index (κ3) is 5.11. The summed E-state index contributed by atoms with van der Waals surface area (Å²) in [6, 6.07) is 16.1. The molecule has 2 aliphatic rings. The monoisotopic (exact) mass is 494 g/mol. The number of anilines is 2. The predicted molar refractivity (Wildman–Crippen MR) is 135 cm³/mol. The molecule has 35 heavy (non-hydrogen) atoms. The van der Waals surface area contributed by atoms with Crippen LogP contribution in [0.5, 0.6) is 0 Å². The molecular weight excluding hydrogens is 464 g/mol. The molecule has 0 aliphatic carbocycles. The maximum Gasteiger partial charge on any atom is 0.277 e. The largest absolute Gasteiger partial charge is 0.370 e. The SMILES string of the molecule is O=C(Nc1cc(S(=O)(=O)N2CCCCC2)ccc1N1CCCCC1)c1cc(-c2ccccc2)on1. The quantitative estimate of drug-likeness (QED) is 0.531. The van der Waals surface area contributed by atoms with Crippen LogP contribution in [0.15, 0.2) is 64.0 Å². The van der Waals surface area contributed by atoms with Crippen molar-refractivity contribution in [3.63, 3.8) is 0 Å². The zero-order valence-electron chi connectivity index (χ0n) is 19.7. The Hall–Kier alpha value is -3.17. The van der Waals surface area contributed by atoms with Gasteiger partial charge in [0, 0.05) is 37.8 Å². The molecular formula is C26H30N4O4S. The summed E-state index contributed by atoms with van der Waals surface area (Å²) < 4.78 is 33.6. The highest BCUT2D eigenvalue weighted by Crippen LogP contribution is 2.33. The molecule has 0 radical (unpaired) electrons. The molecule has 9 heteroatoms. The van der Waals surface area contributed by atoms with Crippen molar-refractivity contribution in [1.82, 2.24) is 9.46 Å². The number of benzene rings is 2. The lowest BCUT2D eigenvalue weighted by atomic mass is 10.1. The van der Waals surface area contributed by atoms with Crippen molar-refractivity contribution in [1.29, 1.82) is 0 Å². The Balaban J connectivity index is 1.45. The van der Waals surface area contributed by atoms with Gasteiger partial charge in [-0.1, -0.05) is 41.9 Å². The zero-order chi connectivity index (χ0) is 24.3.